The molecule has 0 aliphatic rings. The van der Waals surface area contributed by atoms with E-state index in [4.69, 9.17) is 5.14 Å². The number of aryl methyl sites for hydroxylation is 2. The number of benzene rings is 2. The minimum atomic E-state index is -3.91. The number of hydrogen-bond acceptors (Lipinski definition) is 5. The van der Waals surface area contributed by atoms with Gasteiger partial charge in [-0.3, -0.25) is 9.59 Å². The number of rotatable bonds is 6. The fourth-order valence-electron chi connectivity index (χ4n) is 2.52. The third-order valence-electron chi connectivity index (χ3n) is 4.23. The molecule has 0 aromatic heterocycles. The van der Waals surface area contributed by atoms with E-state index in [-0.39, 0.29) is 23.0 Å². The normalized spacial score (nSPS) is 11.0. The van der Waals surface area contributed by atoms with Gasteiger partial charge in [-0.15, -0.1) is 0 Å². The molecule has 4 N–H and O–H groups in total. The lowest BCUT2D eigenvalue weighted by Crippen LogP contribution is -2.33. The van der Waals surface area contributed by atoms with Crippen LogP contribution >= 0.6 is 0 Å². The van der Waals surface area contributed by atoms with Crippen LogP contribution in [0.15, 0.2) is 41.3 Å². The zero-order valence-electron chi connectivity index (χ0n) is 16.2. The predicted molar refractivity (Wildman–Crippen MR) is 109 cm³/mol. The highest BCUT2D eigenvalue weighted by Gasteiger charge is 2.15. The van der Waals surface area contributed by atoms with E-state index in [1.807, 2.05) is 19.9 Å². The quantitative estimate of drug-likeness (QED) is 0.672. The lowest BCUT2D eigenvalue weighted by molar-refractivity contribution is -0.115. The standard InChI is InChI=1S/C19H24N4O4S/c1-12-5-6-14(9-13(12)2)19(25)21-11-18(24)22-16-10-15(28(20,26)27)7-8-17(16)23(3)4/h5-10H,11H2,1-4H3,(H,21,25)(H,22,24)(H2,20,26,27). The predicted octanol–water partition coefficient (Wildman–Crippen LogP) is 1.39. The summed E-state index contributed by atoms with van der Waals surface area (Å²) >= 11 is 0. The van der Waals surface area contributed by atoms with Crippen molar-refractivity contribution >= 4 is 33.2 Å². The Morgan fingerprint density at radius 2 is 1.71 bits per heavy atom. The van der Waals surface area contributed by atoms with Crippen molar-refractivity contribution in [3.63, 3.8) is 0 Å². The van der Waals surface area contributed by atoms with E-state index >= 15 is 0 Å². The van der Waals surface area contributed by atoms with E-state index < -0.39 is 15.9 Å². The summed E-state index contributed by atoms with van der Waals surface area (Å²) in [5.41, 5.74) is 3.39. The number of sulfonamides is 1. The average molecular weight is 404 g/mol. The molecule has 0 aliphatic carbocycles. The lowest BCUT2D eigenvalue weighted by atomic mass is 10.1. The first-order valence-electron chi connectivity index (χ1n) is 8.48. The van der Waals surface area contributed by atoms with Crippen LogP contribution in [-0.4, -0.2) is 40.9 Å². The minimum Gasteiger partial charge on any atom is -0.376 e. The molecule has 8 nitrogen and oxygen atoms in total. The van der Waals surface area contributed by atoms with Crippen molar-refractivity contribution in [2.45, 2.75) is 18.7 Å². The average Bonchev–Trinajstić information content (AvgIpc) is 2.61. The second-order valence-corrected chi connectivity index (χ2v) is 8.21. The molecular formula is C19H24N4O4S. The highest BCUT2D eigenvalue weighted by Crippen LogP contribution is 2.27. The van der Waals surface area contributed by atoms with Crippen LogP contribution in [0.3, 0.4) is 0 Å². The maximum absolute atomic E-state index is 12.3. The highest BCUT2D eigenvalue weighted by atomic mass is 32.2. The van der Waals surface area contributed by atoms with E-state index in [9.17, 15) is 18.0 Å². The maximum Gasteiger partial charge on any atom is 0.251 e. The van der Waals surface area contributed by atoms with E-state index in [1.165, 1.54) is 12.1 Å². The Bertz CT molecular complexity index is 1020. The van der Waals surface area contributed by atoms with Crippen LogP contribution in [-0.2, 0) is 14.8 Å². The van der Waals surface area contributed by atoms with Crippen molar-refractivity contribution in [2.24, 2.45) is 5.14 Å². The Labute approximate surface area is 164 Å². The van der Waals surface area contributed by atoms with Crippen molar-refractivity contribution in [1.82, 2.24) is 5.32 Å². The molecule has 2 rings (SSSR count). The molecule has 0 unspecified atom stereocenters. The summed E-state index contributed by atoms with van der Waals surface area (Å²) in [4.78, 5) is 26.1. The van der Waals surface area contributed by atoms with E-state index in [0.29, 0.717) is 11.3 Å². The van der Waals surface area contributed by atoms with Gasteiger partial charge in [-0.05, 0) is 55.3 Å². The second kappa shape index (κ2) is 8.41. The molecule has 2 aromatic rings. The van der Waals surface area contributed by atoms with Crippen LogP contribution in [0.4, 0.5) is 11.4 Å². The fourth-order valence-corrected chi connectivity index (χ4v) is 3.06. The molecule has 0 radical (unpaired) electrons. The Balaban J connectivity index is 2.11. The SMILES string of the molecule is Cc1ccc(C(=O)NCC(=O)Nc2cc(S(N)(=O)=O)ccc2N(C)C)cc1C. The molecule has 0 aliphatic heterocycles. The monoisotopic (exact) mass is 404 g/mol. The van der Waals surface area contributed by atoms with Crippen molar-refractivity contribution in [1.29, 1.82) is 0 Å². The molecule has 28 heavy (non-hydrogen) atoms. The molecule has 0 fully saturated rings. The summed E-state index contributed by atoms with van der Waals surface area (Å²) < 4.78 is 23.1. The summed E-state index contributed by atoms with van der Waals surface area (Å²) in [5.74, 6) is -0.865. The van der Waals surface area contributed by atoms with Crippen LogP contribution in [0.1, 0.15) is 21.5 Å². The Morgan fingerprint density at radius 1 is 1.04 bits per heavy atom. The number of hydrogen-bond donors (Lipinski definition) is 3. The van der Waals surface area contributed by atoms with Crippen molar-refractivity contribution in [2.75, 3.05) is 30.9 Å². The van der Waals surface area contributed by atoms with Gasteiger partial charge in [-0.1, -0.05) is 6.07 Å². The molecule has 150 valence electrons. The van der Waals surface area contributed by atoms with E-state index in [2.05, 4.69) is 10.6 Å². The lowest BCUT2D eigenvalue weighted by Gasteiger charge is -2.19. The summed E-state index contributed by atoms with van der Waals surface area (Å²) in [6, 6.07) is 9.47. The summed E-state index contributed by atoms with van der Waals surface area (Å²) in [6.07, 6.45) is 0. The first kappa shape index (κ1) is 21.4. The minimum absolute atomic E-state index is 0.118. The second-order valence-electron chi connectivity index (χ2n) is 6.65. The molecule has 0 saturated heterocycles. The third-order valence-corrected chi connectivity index (χ3v) is 5.14. The fraction of sp³-hybridized carbons (Fsp3) is 0.263. The molecule has 2 aromatic carbocycles. The maximum atomic E-state index is 12.3. The highest BCUT2D eigenvalue weighted by molar-refractivity contribution is 7.89. The number of amides is 2. The van der Waals surface area contributed by atoms with Gasteiger partial charge in [-0.2, -0.15) is 0 Å². The van der Waals surface area contributed by atoms with Gasteiger partial charge in [0.15, 0.2) is 0 Å². The van der Waals surface area contributed by atoms with Gasteiger partial charge in [0.25, 0.3) is 5.91 Å². The number of nitrogens with one attached hydrogen (secondary N) is 2. The van der Waals surface area contributed by atoms with Crippen LogP contribution in [0, 0.1) is 13.8 Å². The van der Waals surface area contributed by atoms with Crippen molar-refractivity contribution in [3.05, 3.63) is 53.1 Å². The van der Waals surface area contributed by atoms with Crippen molar-refractivity contribution in [3.8, 4) is 0 Å². The van der Waals surface area contributed by atoms with Gasteiger partial charge in [-0.25, -0.2) is 13.6 Å². The third kappa shape index (κ3) is 5.30. The van der Waals surface area contributed by atoms with Gasteiger partial charge >= 0.3 is 0 Å². The topological polar surface area (TPSA) is 122 Å². The number of primary sulfonamides is 1. The summed E-state index contributed by atoms with van der Waals surface area (Å²) in [5, 5.41) is 10.3. The number of carbonyl (C=O) groups is 2. The largest absolute Gasteiger partial charge is 0.376 e. The molecule has 2 amide bonds. The van der Waals surface area contributed by atoms with Gasteiger partial charge in [0, 0.05) is 19.7 Å². The van der Waals surface area contributed by atoms with Crippen LogP contribution in [0.25, 0.3) is 0 Å². The summed E-state index contributed by atoms with van der Waals surface area (Å²) in [7, 11) is -0.406. The Hall–Kier alpha value is -2.91. The molecule has 0 saturated carbocycles. The van der Waals surface area contributed by atoms with E-state index in [0.717, 1.165) is 11.1 Å². The van der Waals surface area contributed by atoms with Crippen LogP contribution < -0.4 is 20.7 Å². The van der Waals surface area contributed by atoms with Gasteiger partial charge in [0.05, 0.1) is 22.8 Å². The zero-order chi connectivity index (χ0) is 21.1. The molecule has 0 heterocycles. The first-order valence-corrected chi connectivity index (χ1v) is 10.0. The van der Waals surface area contributed by atoms with E-state index in [1.54, 1.807) is 37.2 Å². The number of nitrogens with zero attached hydrogens (tertiary/aromatic N) is 1. The number of carbonyl (C=O) groups excluding carboxylic acids is 2. The first-order chi connectivity index (χ1) is 13.0. The zero-order valence-corrected chi connectivity index (χ0v) is 17.1. The van der Waals surface area contributed by atoms with Crippen molar-refractivity contribution < 1.29 is 18.0 Å². The smallest absolute Gasteiger partial charge is 0.251 e. The van der Waals surface area contributed by atoms with Crippen LogP contribution in [0.2, 0.25) is 0 Å². The molecule has 0 bridgehead atoms. The molecule has 0 atom stereocenters. The number of nitrogens with two attached hydrogens (primary N) is 1. The molecular weight excluding hydrogens is 380 g/mol. The number of anilines is 2. The van der Waals surface area contributed by atoms with Gasteiger partial charge in [0.1, 0.15) is 0 Å². The molecule has 9 heteroatoms. The van der Waals surface area contributed by atoms with Gasteiger partial charge in [0.2, 0.25) is 15.9 Å². The summed E-state index contributed by atoms with van der Waals surface area (Å²) in [6.45, 7) is 3.58. The Morgan fingerprint density at radius 3 is 2.29 bits per heavy atom. The Kier molecular flexibility index (Phi) is 6.42. The van der Waals surface area contributed by atoms with Gasteiger partial charge < -0.3 is 15.5 Å². The van der Waals surface area contributed by atoms with Crippen LogP contribution in [0.5, 0.6) is 0 Å². The molecule has 0 spiro atoms.